The number of pyridine rings is 2. The van der Waals surface area contributed by atoms with E-state index < -0.39 is 0 Å². The topological polar surface area (TPSA) is 81.3 Å². The van der Waals surface area contributed by atoms with Crippen LogP contribution in [0.15, 0.2) is 53.7 Å². The number of H-pyrrole nitrogens is 1. The first-order valence-corrected chi connectivity index (χ1v) is 12.1. The largest absolute Gasteiger partial charge is 0.362 e. The van der Waals surface area contributed by atoms with Crippen LogP contribution in [-0.4, -0.2) is 59.0 Å². The highest BCUT2D eigenvalue weighted by atomic mass is 16.2. The lowest BCUT2D eigenvalue weighted by Gasteiger charge is -2.40. The zero-order valence-electron chi connectivity index (χ0n) is 19.7. The van der Waals surface area contributed by atoms with Crippen molar-refractivity contribution in [3.8, 4) is 11.1 Å². The number of amides is 1. The van der Waals surface area contributed by atoms with E-state index in [-0.39, 0.29) is 17.5 Å². The Morgan fingerprint density at radius 1 is 1.27 bits per heavy atom. The predicted octanol–water partition coefficient (Wildman–Crippen LogP) is 3.20. The van der Waals surface area contributed by atoms with Gasteiger partial charge >= 0.3 is 0 Å². The van der Waals surface area contributed by atoms with Crippen LogP contribution in [0, 0.1) is 5.92 Å². The van der Waals surface area contributed by atoms with Crippen molar-refractivity contribution in [3.05, 3.63) is 59.3 Å². The Morgan fingerprint density at radius 3 is 2.79 bits per heavy atom. The molecule has 33 heavy (non-hydrogen) atoms. The molecule has 2 N–H and O–H groups in total. The van der Waals surface area contributed by atoms with Gasteiger partial charge in [-0.25, -0.2) is 0 Å². The summed E-state index contributed by atoms with van der Waals surface area (Å²) in [5.41, 5.74) is 2.62. The Labute approximate surface area is 195 Å². The molecule has 2 fully saturated rings. The second-order valence-electron chi connectivity index (χ2n) is 9.48. The van der Waals surface area contributed by atoms with Crippen LogP contribution in [-0.2, 0) is 4.79 Å². The first-order valence-electron chi connectivity index (χ1n) is 12.1. The van der Waals surface area contributed by atoms with Gasteiger partial charge in [-0.3, -0.25) is 14.6 Å². The molecule has 1 atom stereocenters. The van der Waals surface area contributed by atoms with Crippen molar-refractivity contribution in [2.45, 2.75) is 51.6 Å². The van der Waals surface area contributed by atoms with Gasteiger partial charge in [0.2, 0.25) is 5.91 Å². The lowest BCUT2D eigenvalue weighted by Crippen LogP contribution is -2.51. The number of carbonyl (C=O) groups excluding carboxylic acids is 1. The van der Waals surface area contributed by atoms with Crippen molar-refractivity contribution in [3.63, 3.8) is 0 Å². The summed E-state index contributed by atoms with van der Waals surface area (Å²) < 4.78 is 0. The molecule has 7 heteroatoms. The fraction of sp³-hybridized carbons (Fsp3) is 0.500. The van der Waals surface area contributed by atoms with Gasteiger partial charge in [0.1, 0.15) is 5.69 Å². The zero-order chi connectivity index (χ0) is 23.2. The summed E-state index contributed by atoms with van der Waals surface area (Å²) in [6.07, 6.45) is 13.2. The minimum absolute atomic E-state index is 0.0519. The van der Waals surface area contributed by atoms with Gasteiger partial charge in [-0.1, -0.05) is 19.9 Å². The van der Waals surface area contributed by atoms with Gasteiger partial charge in [0, 0.05) is 68.5 Å². The molecule has 0 unspecified atom stereocenters. The van der Waals surface area contributed by atoms with E-state index in [0.29, 0.717) is 30.7 Å². The number of aromatic nitrogens is 2. The molecule has 4 rings (SSSR count). The van der Waals surface area contributed by atoms with Gasteiger partial charge in [-0.15, -0.1) is 0 Å². The van der Waals surface area contributed by atoms with E-state index in [1.807, 2.05) is 29.2 Å². The highest BCUT2D eigenvalue weighted by Gasteiger charge is 2.33. The summed E-state index contributed by atoms with van der Waals surface area (Å²) in [7, 11) is 0. The van der Waals surface area contributed by atoms with Crippen LogP contribution in [0.3, 0.4) is 0 Å². The molecule has 176 valence electrons. The number of nitrogens with zero attached hydrogens (tertiary/aromatic N) is 3. The highest BCUT2D eigenvalue weighted by Crippen LogP contribution is 2.33. The molecule has 0 bridgehead atoms. The minimum atomic E-state index is -0.0726. The Hall–Kier alpha value is -2.93. The smallest absolute Gasteiger partial charge is 0.271 e. The van der Waals surface area contributed by atoms with E-state index in [4.69, 9.17) is 0 Å². The standard InChI is InChI=1S/C26H35N5O2/c1-19(2)28-11-3-6-25(32)30-14-4-5-23(18-30)31(17-20-7-8-20)24-15-22(16-29-26(24)33)21-9-12-27-13-10-21/h3,6,9-10,12-13,15-16,19-20,23,28H,4-5,7-8,11,14,17-18H2,1-2H3,(H,29,33)/t23-/m0/s1. The third-order valence-corrected chi connectivity index (χ3v) is 6.41. The van der Waals surface area contributed by atoms with E-state index >= 15 is 0 Å². The minimum Gasteiger partial charge on any atom is -0.362 e. The van der Waals surface area contributed by atoms with Crippen LogP contribution in [0.2, 0.25) is 0 Å². The van der Waals surface area contributed by atoms with Crippen LogP contribution in [0.5, 0.6) is 0 Å². The Morgan fingerprint density at radius 2 is 2.06 bits per heavy atom. The molecule has 0 aromatic carbocycles. The number of anilines is 1. The normalized spacial score (nSPS) is 18.8. The van der Waals surface area contributed by atoms with Crippen LogP contribution < -0.4 is 15.8 Å². The van der Waals surface area contributed by atoms with Crippen LogP contribution in [0.4, 0.5) is 5.69 Å². The molecule has 2 aromatic heterocycles. The maximum absolute atomic E-state index is 12.9. The molecule has 7 nitrogen and oxygen atoms in total. The molecular formula is C26H35N5O2. The van der Waals surface area contributed by atoms with Gasteiger partial charge in [0.25, 0.3) is 5.56 Å². The Kier molecular flexibility index (Phi) is 7.60. The van der Waals surface area contributed by atoms with Crippen molar-refractivity contribution >= 4 is 11.6 Å². The molecule has 1 saturated carbocycles. The monoisotopic (exact) mass is 449 g/mol. The molecule has 2 aromatic rings. The summed E-state index contributed by atoms with van der Waals surface area (Å²) >= 11 is 0. The molecule has 0 spiro atoms. The average Bonchev–Trinajstić information content (AvgIpc) is 3.65. The Balaban J connectivity index is 1.53. The van der Waals surface area contributed by atoms with Gasteiger partial charge in [0.05, 0.1) is 0 Å². The average molecular weight is 450 g/mol. The molecule has 1 aliphatic carbocycles. The van der Waals surface area contributed by atoms with Crippen molar-refractivity contribution in [1.29, 1.82) is 0 Å². The molecule has 1 aliphatic heterocycles. The number of hydrogen-bond acceptors (Lipinski definition) is 5. The first-order chi connectivity index (χ1) is 16.0. The number of likely N-dealkylation sites (tertiary alicyclic amines) is 1. The molecular weight excluding hydrogens is 414 g/mol. The lowest BCUT2D eigenvalue weighted by atomic mass is 10.0. The fourth-order valence-electron chi connectivity index (χ4n) is 4.40. The fourth-order valence-corrected chi connectivity index (χ4v) is 4.40. The van der Waals surface area contributed by atoms with Gasteiger partial charge in [-0.05, 0) is 55.4 Å². The zero-order valence-corrected chi connectivity index (χ0v) is 19.7. The van der Waals surface area contributed by atoms with Crippen molar-refractivity contribution in [2.24, 2.45) is 5.92 Å². The van der Waals surface area contributed by atoms with Crippen LogP contribution in [0.25, 0.3) is 11.1 Å². The maximum Gasteiger partial charge on any atom is 0.271 e. The van der Waals surface area contributed by atoms with Crippen LogP contribution >= 0.6 is 0 Å². The van der Waals surface area contributed by atoms with Crippen molar-refractivity contribution < 1.29 is 4.79 Å². The third-order valence-electron chi connectivity index (χ3n) is 6.41. The summed E-state index contributed by atoms with van der Waals surface area (Å²) in [6, 6.07) is 6.42. The lowest BCUT2D eigenvalue weighted by molar-refractivity contribution is -0.127. The van der Waals surface area contributed by atoms with Crippen molar-refractivity contribution in [2.75, 3.05) is 31.1 Å². The number of hydrogen-bond donors (Lipinski definition) is 2. The SMILES string of the molecule is CC(C)NCC=CC(=O)N1CCC[C@H](N(CC2CC2)c2cc(-c3ccncc3)c[nH]c2=O)C1. The second-order valence-corrected chi connectivity index (χ2v) is 9.48. The summed E-state index contributed by atoms with van der Waals surface area (Å²) in [4.78, 5) is 37.0. The van der Waals surface area contributed by atoms with E-state index in [1.54, 1.807) is 24.7 Å². The van der Waals surface area contributed by atoms with Crippen molar-refractivity contribution in [1.82, 2.24) is 20.2 Å². The number of rotatable bonds is 9. The summed E-state index contributed by atoms with van der Waals surface area (Å²) in [5, 5.41) is 3.30. The van der Waals surface area contributed by atoms with E-state index in [1.165, 1.54) is 12.8 Å². The van der Waals surface area contributed by atoms with Gasteiger partial charge in [0.15, 0.2) is 0 Å². The number of piperidine rings is 1. The van der Waals surface area contributed by atoms with E-state index in [2.05, 4.69) is 34.0 Å². The third kappa shape index (κ3) is 6.32. The number of aromatic amines is 1. The quantitative estimate of drug-likeness (QED) is 0.575. The molecule has 0 radical (unpaired) electrons. The molecule has 1 saturated heterocycles. The molecule has 1 amide bonds. The molecule has 2 aliphatic rings. The maximum atomic E-state index is 12.9. The molecule has 3 heterocycles. The van der Waals surface area contributed by atoms with E-state index in [9.17, 15) is 9.59 Å². The number of carbonyl (C=O) groups is 1. The highest BCUT2D eigenvalue weighted by molar-refractivity contribution is 5.87. The second kappa shape index (κ2) is 10.8. The predicted molar refractivity (Wildman–Crippen MR) is 132 cm³/mol. The van der Waals surface area contributed by atoms with Gasteiger partial charge < -0.3 is 20.1 Å². The Bertz CT molecular complexity index is 1010. The van der Waals surface area contributed by atoms with Crippen LogP contribution in [0.1, 0.15) is 39.5 Å². The summed E-state index contributed by atoms with van der Waals surface area (Å²) in [6.45, 7) is 7.14. The first kappa shape index (κ1) is 23.2. The number of nitrogens with one attached hydrogen (secondary N) is 2. The van der Waals surface area contributed by atoms with Gasteiger partial charge in [-0.2, -0.15) is 0 Å². The summed E-state index contributed by atoms with van der Waals surface area (Å²) in [5.74, 6) is 0.679. The van der Waals surface area contributed by atoms with E-state index in [0.717, 1.165) is 37.1 Å².